The molecule has 6 heteroatoms. The van der Waals surface area contributed by atoms with Crippen molar-refractivity contribution < 1.29 is 13.5 Å². The van der Waals surface area contributed by atoms with Crippen molar-refractivity contribution in [1.82, 2.24) is 4.72 Å². The Hall–Kier alpha value is -0.620. The minimum atomic E-state index is -3.52. The van der Waals surface area contributed by atoms with Gasteiger partial charge in [-0.15, -0.1) is 0 Å². The molecule has 0 aliphatic heterocycles. The van der Waals surface area contributed by atoms with Crippen LogP contribution >= 0.6 is 11.6 Å². The fourth-order valence-corrected chi connectivity index (χ4v) is 3.76. The molecule has 2 atom stereocenters. The highest BCUT2D eigenvalue weighted by molar-refractivity contribution is 7.89. The van der Waals surface area contributed by atoms with Gasteiger partial charge in [-0.1, -0.05) is 18.0 Å². The lowest BCUT2D eigenvalue weighted by molar-refractivity contribution is 0.213. The first-order valence-electron chi connectivity index (χ1n) is 5.91. The Morgan fingerprint density at radius 2 is 1.94 bits per heavy atom. The highest BCUT2D eigenvalue weighted by Crippen LogP contribution is 2.26. The lowest BCUT2D eigenvalue weighted by Gasteiger charge is -2.18. The fourth-order valence-electron chi connectivity index (χ4n) is 2.29. The van der Waals surface area contributed by atoms with Gasteiger partial charge in [-0.05, 0) is 43.0 Å². The van der Waals surface area contributed by atoms with E-state index >= 15 is 0 Å². The van der Waals surface area contributed by atoms with Gasteiger partial charge in [0.05, 0.1) is 4.90 Å². The summed E-state index contributed by atoms with van der Waals surface area (Å²) in [5, 5.41) is 9.69. The first kappa shape index (κ1) is 13.8. The zero-order valence-electron chi connectivity index (χ0n) is 9.84. The second-order valence-electron chi connectivity index (χ2n) is 4.56. The van der Waals surface area contributed by atoms with E-state index in [0.717, 1.165) is 19.3 Å². The minimum absolute atomic E-state index is 0.0204. The molecule has 1 aliphatic carbocycles. The van der Waals surface area contributed by atoms with Crippen LogP contribution in [0.2, 0.25) is 5.02 Å². The zero-order chi connectivity index (χ0) is 13.2. The molecule has 2 rings (SSSR count). The molecule has 1 fully saturated rings. The molecule has 0 amide bonds. The number of rotatable bonds is 4. The molecule has 1 aliphatic rings. The Kier molecular flexibility index (Phi) is 4.27. The summed E-state index contributed by atoms with van der Waals surface area (Å²) in [7, 11) is -3.52. The van der Waals surface area contributed by atoms with Gasteiger partial charge in [-0.3, -0.25) is 0 Å². The van der Waals surface area contributed by atoms with Crippen LogP contribution in [0.4, 0.5) is 0 Å². The average molecular weight is 290 g/mol. The number of hydrogen-bond acceptors (Lipinski definition) is 3. The van der Waals surface area contributed by atoms with E-state index in [0.29, 0.717) is 5.02 Å². The van der Waals surface area contributed by atoms with E-state index in [-0.39, 0.29) is 23.5 Å². The highest BCUT2D eigenvalue weighted by Gasteiger charge is 2.30. The summed E-state index contributed by atoms with van der Waals surface area (Å²) in [6.45, 7) is 0.0216. The topological polar surface area (TPSA) is 66.4 Å². The maximum absolute atomic E-state index is 12.1. The van der Waals surface area contributed by atoms with Crippen molar-refractivity contribution in [2.24, 2.45) is 5.92 Å². The lowest BCUT2D eigenvalue weighted by atomic mass is 10.1. The maximum Gasteiger partial charge on any atom is 0.240 e. The van der Waals surface area contributed by atoms with E-state index in [4.69, 9.17) is 11.6 Å². The van der Waals surface area contributed by atoms with Crippen LogP contribution in [0.15, 0.2) is 29.2 Å². The first-order valence-corrected chi connectivity index (χ1v) is 7.78. The molecule has 4 nitrogen and oxygen atoms in total. The van der Waals surface area contributed by atoms with Crippen LogP contribution in [0.5, 0.6) is 0 Å². The first-order chi connectivity index (χ1) is 8.53. The Morgan fingerprint density at radius 1 is 1.28 bits per heavy atom. The highest BCUT2D eigenvalue weighted by atomic mass is 35.5. The third-order valence-corrected chi connectivity index (χ3v) is 5.08. The van der Waals surface area contributed by atoms with Crippen LogP contribution < -0.4 is 4.72 Å². The summed E-state index contributed by atoms with van der Waals surface area (Å²) < 4.78 is 26.9. The van der Waals surface area contributed by atoms with Crippen LogP contribution in [0.3, 0.4) is 0 Å². The van der Waals surface area contributed by atoms with Crippen molar-refractivity contribution >= 4 is 21.6 Å². The van der Waals surface area contributed by atoms with Crippen molar-refractivity contribution in [3.05, 3.63) is 29.3 Å². The molecule has 0 heterocycles. The predicted molar refractivity (Wildman–Crippen MR) is 70.0 cm³/mol. The monoisotopic (exact) mass is 289 g/mol. The van der Waals surface area contributed by atoms with E-state index in [9.17, 15) is 13.5 Å². The lowest BCUT2D eigenvalue weighted by Crippen LogP contribution is -2.38. The van der Waals surface area contributed by atoms with Gasteiger partial charge in [0.25, 0.3) is 0 Å². The van der Waals surface area contributed by atoms with Gasteiger partial charge in [-0.25, -0.2) is 13.1 Å². The summed E-state index contributed by atoms with van der Waals surface area (Å²) in [6.07, 6.45) is 2.58. The number of benzene rings is 1. The van der Waals surface area contributed by atoms with E-state index in [2.05, 4.69) is 4.72 Å². The summed E-state index contributed by atoms with van der Waals surface area (Å²) >= 11 is 5.73. The van der Waals surface area contributed by atoms with Gasteiger partial charge in [0.1, 0.15) is 0 Å². The summed E-state index contributed by atoms with van der Waals surface area (Å²) in [6, 6.07) is 5.89. The van der Waals surface area contributed by atoms with Crippen molar-refractivity contribution in [2.45, 2.75) is 30.2 Å². The largest absolute Gasteiger partial charge is 0.396 e. The van der Waals surface area contributed by atoms with Crippen molar-refractivity contribution in [3.63, 3.8) is 0 Å². The van der Waals surface area contributed by atoms with E-state index in [1.807, 2.05) is 0 Å². The van der Waals surface area contributed by atoms with Gasteiger partial charge < -0.3 is 5.11 Å². The van der Waals surface area contributed by atoms with Crippen LogP contribution in [0, 0.1) is 5.92 Å². The van der Waals surface area contributed by atoms with Gasteiger partial charge >= 0.3 is 0 Å². The van der Waals surface area contributed by atoms with E-state index in [1.165, 1.54) is 12.1 Å². The molecule has 0 saturated heterocycles. The molecule has 2 unspecified atom stereocenters. The van der Waals surface area contributed by atoms with Crippen molar-refractivity contribution in [1.29, 1.82) is 0 Å². The molecule has 0 bridgehead atoms. The predicted octanol–water partition coefficient (Wildman–Crippen LogP) is 1.78. The second kappa shape index (κ2) is 5.57. The quantitative estimate of drug-likeness (QED) is 0.888. The van der Waals surface area contributed by atoms with Crippen molar-refractivity contribution in [3.8, 4) is 0 Å². The maximum atomic E-state index is 12.1. The summed E-state index contributed by atoms with van der Waals surface area (Å²) in [5.74, 6) is 0.0204. The standard InChI is InChI=1S/C12H16ClNO3S/c13-10-4-6-11(7-5-10)18(16,17)14-12-3-1-2-9(12)8-15/h4-7,9,12,14-15H,1-3,8H2. The Bertz CT molecular complexity index is 501. The number of halogens is 1. The Morgan fingerprint density at radius 3 is 2.56 bits per heavy atom. The molecule has 0 spiro atoms. The summed E-state index contributed by atoms with van der Waals surface area (Å²) in [4.78, 5) is 0.204. The molecule has 2 N–H and O–H groups in total. The smallest absolute Gasteiger partial charge is 0.240 e. The van der Waals surface area contributed by atoms with E-state index in [1.54, 1.807) is 12.1 Å². The number of aliphatic hydroxyl groups is 1. The van der Waals surface area contributed by atoms with Gasteiger partial charge in [0.15, 0.2) is 0 Å². The molecule has 0 radical (unpaired) electrons. The molecule has 0 aromatic heterocycles. The van der Waals surface area contributed by atoms with E-state index < -0.39 is 10.0 Å². The molecular weight excluding hydrogens is 274 g/mol. The molecular formula is C12H16ClNO3S. The Labute approximate surface area is 112 Å². The van der Waals surface area contributed by atoms with Crippen LogP contribution in [-0.2, 0) is 10.0 Å². The fraction of sp³-hybridized carbons (Fsp3) is 0.500. The normalized spacial score (nSPS) is 24.3. The third-order valence-electron chi connectivity index (χ3n) is 3.32. The van der Waals surface area contributed by atoms with Crippen molar-refractivity contribution in [2.75, 3.05) is 6.61 Å². The SMILES string of the molecule is O=S(=O)(NC1CCCC1CO)c1ccc(Cl)cc1. The summed E-state index contributed by atoms with van der Waals surface area (Å²) in [5.41, 5.74) is 0. The van der Waals surface area contributed by atoms with Crippen LogP contribution in [0.25, 0.3) is 0 Å². The number of aliphatic hydroxyl groups excluding tert-OH is 1. The molecule has 1 saturated carbocycles. The average Bonchev–Trinajstić information content (AvgIpc) is 2.76. The van der Waals surface area contributed by atoms with Crippen LogP contribution in [-0.4, -0.2) is 26.2 Å². The second-order valence-corrected chi connectivity index (χ2v) is 6.71. The minimum Gasteiger partial charge on any atom is -0.396 e. The third kappa shape index (κ3) is 3.03. The van der Waals surface area contributed by atoms with Gasteiger partial charge in [0.2, 0.25) is 10.0 Å². The Balaban J connectivity index is 2.14. The van der Waals surface area contributed by atoms with Gasteiger partial charge in [0, 0.05) is 17.7 Å². The molecule has 18 heavy (non-hydrogen) atoms. The number of hydrogen-bond donors (Lipinski definition) is 2. The number of nitrogens with one attached hydrogen (secondary N) is 1. The van der Waals surface area contributed by atoms with Gasteiger partial charge in [-0.2, -0.15) is 0 Å². The number of sulfonamides is 1. The van der Waals surface area contributed by atoms with Crippen LogP contribution in [0.1, 0.15) is 19.3 Å². The molecule has 100 valence electrons. The molecule has 1 aromatic rings. The molecule has 1 aromatic carbocycles. The zero-order valence-corrected chi connectivity index (χ0v) is 11.4.